The summed E-state index contributed by atoms with van der Waals surface area (Å²) in [6.45, 7) is 9.76. The Balaban J connectivity index is 1.96. The number of hydrogen-bond donors (Lipinski definition) is 2. The summed E-state index contributed by atoms with van der Waals surface area (Å²) in [6, 6.07) is 13.9. The highest BCUT2D eigenvalue weighted by Crippen LogP contribution is 2.20. The van der Waals surface area contributed by atoms with Gasteiger partial charge in [0, 0.05) is 12.6 Å². The largest absolute Gasteiger partial charge is 0.490 e. The molecule has 2 aromatic rings. The smallest absolute Gasteiger partial charge is 0.255 e. The van der Waals surface area contributed by atoms with Crippen LogP contribution >= 0.6 is 0 Å². The molecule has 2 amide bonds. The quantitative estimate of drug-likeness (QED) is 0.673. The number of nitrogens with one attached hydrogen (secondary N) is 2. The normalized spacial score (nSPS) is 11.8. The highest BCUT2D eigenvalue weighted by atomic mass is 16.5. The molecule has 156 valence electrons. The molecule has 29 heavy (non-hydrogen) atoms. The number of para-hydroxylation sites is 2. The van der Waals surface area contributed by atoms with E-state index in [1.165, 1.54) is 0 Å². The van der Waals surface area contributed by atoms with Gasteiger partial charge in [-0.3, -0.25) is 9.59 Å². The zero-order valence-electron chi connectivity index (χ0n) is 17.7. The van der Waals surface area contributed by atoms with E-state index in [1.54, 1.807) is 36.4 Å². The number of rotatable bonds is 9. The van der Waals surface area contributed by atoms with Gasteiger partial charge < -0.3 is 20.1 Å². The van der Waals surface area contributed by atoms with Gasteiger partial charge in [0.25, 0.3) is 11.8 Å². The van der Waals surface area contributed by atoms with Crippen molar-refractivity contribution in [2.45, 2.75) is 52.9 Å². The maximum atomic E-state index is 12.6. The van der Waals surface area contributed by atoms with Gasteiger partial charge in [-0.2, -0.15) is 0 Å². The van der Waals surface area contributed by atoms with E-state index in [-0.39, 0.29) is 36.6 Å². The van der Waals surface area contributed by atoms with Crippen LogP contribution in [0.2, 0.25) is 0 Å². The van der Waals surface area contributed by atoms with Crippen molar-refractivity contribution < 1.29 is 19.1 Å². The minimum absolute atomic E-state index is 0.0321. The molecule has 0 radical (unpaired) electrons. The fraction of sp³-hybridized carbons (Fsp3) is 0.391. The summed E-state index contributed by atoms with van der Waals surface area (Å²) >= 11 is 0. The predicted octanol–water partition coefficient (Wildman–Crippen LogP) is 3.81. The van der Waals surface area contributed by atoms with Gasteiger partial charge in [0.05, 0.1) is 23.3 Å². The third kappa shape index (κ3) is 6.82. The van der Waals surface area contributed by atoms with Crippen molar-refractivity contribution in [1.82, 2.24) is 10.6 Å². The summed E-state index contributed by atoms with van der Waals surface area (Å²) in [5, 5.41) is 5.75. The van der Waals surface area contributed by atoms with Crippen LogP contribution in [0.15, 0.2) is 48.5 Å². The van der Waals surface area contributed by atoms with E-state index in [0.29, 0.717) is 22.6 Å². The second-order valence-corrected chi connectivity index (χ2v) is 7.41. The van der Waals surface area contributed by atoms with Crippen molar-refractivity contribution in [2.24, 2.45) is 0 Å². The molecule has 0 aromatic heterocycles. The second kappa shape index (κ2) is 10.5. The van der Waals surface area contributed by atoms with E-state index in [4.69, 9.17) is 9.47 Å². The van der Waals surface area contributed by atoms with E-state index in [2.05, 4.69) is 10.6 Å². The monoisotopic (exact) mass is 398 g/mol. The van der Waals surface area contributed by atoms with Crippen LogP contribution in [0.5, 0.6) is 11.5 Å². The van der Waals surface area contributed by atoms with E-state index in [1.807, 2.05) is 46.8 Å². The first-order valence-corrected chi connectivity index (χ1v) is 9.88. The molecule has 2 aromatic carbocycles. The summed E-state index contributed by atoms with van der Waals surface area (Å²) in [5.74, 6) is 0.588. The summed E-state index contributed by atoms with van der Waals surface area (Å²) in [6.07, 6.45) is -0.0657. The molecule has 0 bridgehead atoms. The first kappa shape index (κ1) is 22.3. The molecule has 6 heteroatoms. The number of carbonyl (C=O) groups excluding carboxylic acids is 2. The van der Waals surface area contributed by atoms with Crippen LogP contribution in [0.1, 0.15) is 55.3 Å². The van der Waals surface area contributed by atoms with E-state index < -0.39 is 0 Å². The van der Waals surface area contributed by atoms with Crippen LogP contribution in [-0.4, -0.2) is 36.6 Å². The fourth-order valence-corrected chi connectivity index (χ4v) is 2.72. The van der Waals surface area contributed by atoms with Gasteiger partial charge in [0.1, 0.15) is 11.5 Å². The van der Waals surface area contributed by atoms with Gasteiger partial charge in [-0.15, -0.1) is 0 Å². The van der Waals surface area contributed by atoms with Crippen LogP contribution in [0, 0.1) is 0 Å². The Bertz CT molecular complexity index is 833. The van der Waals surface area contributed by atoms with Crippen LogP contribution < -0.4 is 20.1 Å². The maximum absolute atomic E-state index is 12.6. The zero-order chi connectivity index (χ0) is 21.4. The lowest BCUT2D eigenvalue weighted by atomic mass is 10.1. The Labute approximate surface area is 172 Å². The first-order chi connectivity index (χ1) is 13.8. The van der Waals surface area contributed by atoms with E-state index in [0.717, 1.165) is 0 Å². The minimum Gasteiger partial charge on any atom is -0.490 e. The van der Waals surface area contributed by atoms with Crippen molar-refractivity contribution in [3.05, 3.63) is 59.7 Å². The van der Waals surface area contributed by atoms with Crippen molar-refractivity contribution >= 4 is 11.8 Å². The third-order valence-electron chi connectivity index (χ3n) is 3.94. The molecule has 0 fully saturated rings. The maximum Gasteiger partial charge on any atom is 0.255 e. The molecule has 0 saturated heterocycles. The highest BCUT2D eigenvalue weighted by molar-refractivity contribution is 5.98. The summed E-state index contributed by atoms with van der Waals surface area (Å²) in [4.78, 5) is 25.2. The van der Waals surface area contributed by atoms with E-state index in [9.17, 15) is 9.59 Å². The van der Waals surface area contributed by atoms with Crippen molar-refractivity contribution in [3.8, 4) is 11.5 Å². The average molecular weight is 399 g/mol. The van der Waals surface area contributed by atoms with Gasteiger partial charge in [-0.05, 0) is 58.9 Å². The fourth-order valence-electron chi connectivity index (χ4n) is 2.72. The topological polar surface area (TPSA) is 76.7 Å². The average Bonchev–Trinajstić information content (AvgIpc) is 2.66. The predicted molar refractivity (Wildman–Crippen MR) is 114 cm³/mol. The summed E-state index contributed by atoms with van der Waals surface area (Å²) in [7, 11) is 0. The second-order valence-electron chi connectivity index (χ2n) is 7.41. The standard InChI is InChI=1S/C23H30N2O4/c1-15(2)28-20-12-8-6-10-18(20)22(26)24-14-17(5)25-23(27)19-11-7-9-13-21(19)29-16(3)4/h6-13,15-17H,14H2,1-5H3,(H,24,26)(H,25,27). The van der Waals surface area contributed by atoms with Gasteiger partial charge >= 0.3 is 0 Å². The SMILES string of the molecule is CC(CNC(=O)c1ccccc1OC(C)C)NC(=O)c1ccccc1OC(C)C. The van der Waals surface area contributed by atoms with Crippen molar-refractivity contribution in [1.29, 1.82) is 0 Å². The van der Waals surface area contributed by atoms with Crippen LogP contribution in [0.3, 0.4) is 0 Å². The zero-order valence-corrected chi connectivity index (χ0v) is 17.7. The number of carbonyl (C=O) groups is 2. The molecule has 1 atom stereocenters. The molecule has 0 aliphatic carbocycles. The Kier molecular flexibility index (Phi) is 8.07. The van der Waals surface area contributed by atoms with E-state index >= 15 is 0 Å². The Morgan fingerprint density at radius 1 is 0.759 bits per heavy atom. The Morgan fingerprint density at radius 2 is 1.21 bits per heavy atom. The molecule has 0 aliphatic rings. The highest BCUT2D eigenvalue weighted by Gasteiger charge is 2.17. The molecule has 0 aliphatic heterocycles. The minimum atomic E-state index is -0.267. The lowest BCUT2D eigenvalue weighted by Crippen LogP contribution is -2.42. The summed E-state index contributed by atoms with van der Waals surface area (Å²) in [5.41, 5.74) is 0.936. The molecule has 2 rings (SSSR count). The molecule has 2 N–H and O–H groups in total. The van der Waals surface area contributed by atoms with Crippen LogP contribution in [-0.2, 0) is 0 Å². The van der Waals surface area contributed by atoms with Crippen molar-refractivity contribution in [3.63, 3.8) is 0 Å². The first-order valence-electron chi connectivity index (χ1n) is 9.88. The summed E-state index contributed by atoms with van der Waals surface area (Å²) < 4.78 is 11.4. The van der Waals surface area contributed by atoms with Crippen molar-refractivity contribution in [2.75, 3.05) is 6.54 Å². The van der Waals surface area contributed by atoms with Gasteiger partial charge in [0.15, 0.2) is 0 Å². The lowest BCUT2D eigenvalue weighted by Gasteiger charge is -2.18. The van der Waals surface area contributed by atoms with Crippen LogP contribution in [0.4, 0.5) is 0 Å². The Morgan fingerprint density at radius 3 is 1.69 bits per heavy atom. The van der Waals surface area contributed by atoms with Crippen LogP contribution in [0.25, 0.3) is 0 Å². The number of ether oxygens (including phenoxy) is 2. The molecule has 6 nitrogen and oxygen atoms in total. The molecule has 0 spiro atoms. The van der Waals surface area contributed by atoms with Gasteiger partial charge in [-0.1, -0.05) is 24.3 Å². The number of amides is 2. The number of benzene rings is 2. The molecule has 0 heterocycles. The Hall–Kier alpha value is -3.02. The van der Waals surface area contributed by atoms with Gasteiger partial charge in [0.2, 0.25) is 0 Å². The van der Waals surface area contributed by atoms with Gasteiger partial charge in [-0.25, -0.2) is 0 Å². The lowest BCUT2D eigenvalue weighted by molar-refractivity contribution is 0.0905. The molecular formula is C23H30N2O4. The number of hydrogen-bond acceptors (Lipinski definition) is 4. The third-order valence-corrected chi connectivity index (χ3v) is 3.94. The molecular weight excluding hydrogens is 368 g/mol. The molecule has 0 saturated carbocycles. The molecule has 1 unspecified atom stereocenters.